The number of rotatable bonds is 7. The molecular formula is C27H25O3P. The van der Waals surface area contributed by atoms with E-state index in [-0.39, 0.29) is 12.3 Å². The van der Waals surface area contributed by atoms with Gasteiger partial charge in [0, 0.05) is 0 Å². The Balaban J connectivity index is 2.15. The Bertz CT molecular complexity index is 1030. The fourth-order valence-corrected chi connectivity index (χ4v) is 9.15. The van der Waals surface area contributed by atoms with Crippen LogP contribution < -0.4 is 20.4 Å². The number of esters is 1. The molecule has 3 nitrogen and oxygen atoms in total. The summed E-state index contributed by atoms with van der Waals surface area (Å²) in [4.78, 5) is 12.1. The summed E-state index contributed by atoms with van der Waals surface area (Å²) in [5.41, 5.74) is 0. The molecule has 0 radical (unpaired) electrons. The Morgan fingerprint density at radius 3 is 1.32 bits per heavy atom. The summed E-state index contributed by atoms with van der Waals surface area (Å²) in [6, 6.07) is 40.2. The summed E-state index contributed by atoms with van der Waals surface area (Å²) >= 11 is 0. The molecule has 0 aliphatic carbocycles. The number of carbonyl (C=O) groups excluding carboxylic acids is 1. The van der Waals surface area contributed by atoms with Crippen molar-refractivity contribution in [1.29, 1.82) is 0 Å². The van der Waals surface area contributed by atoms with Crippen molar-refractivity contribution in [2.45, 2.75) is 6.92 Å². The summed E-state index contributed by atoms with van der Waals surface area (Å²) in [7, 11) is 0. The van der Waals surface area contributed by atoms with Crippen LogP contribution in [0.2, 0.25) is 0 Å². The Labute approximate surface area is 183 Å². The molecule has 0 N–H and O–H groups in total. The average molecular weight is 428 g/mol. The summed E-state index contributed by atoms with van der Waals surface area (Å²) < 4.78 is 13.0. The molecule has 4 heteroatoms. The quantitative estimate of drug-likeness (QED) is 0.306. The van der Waals surface area contributed by atoms with Crippen LogP contribution in [0.25, 0.3) is 0 Å². The van der Waals surface area contributed by atoms with Crippen LogP contribution in [0, 0.1) is 0 Å². The van der Waals surface area contributed by atoms with Crippen molar-refractivity contribution in [3.63, 3.8) is 0 Å². The van der Waals surface area contributed by atoms with Crippen molar-refractivity contribution < 1.29 is 14.1 Å². The Kier molecular flexibility index (Phi) is 5.88. The zero-order valence-corrected chi connectivity index (χ0v) is 18.3. The molecule has 0 saturated carbocycles. The first kappa shape index (κ1) is 20.8. The van der Waals surface area contributed by atoms with E-state index in [2.05, 4.69) is 36.4 Å². The van der Waals surface area contributed by atoms with Crippen LogP contribution >= 0.6 is 6.83 Å². The second-order valence-electron chi connectivity index (χ2n) is 7.39. The first-order chi connectivity index (χ1) is 15.1. The summed E-state index contributed by atoms with van der Waals surface area (Å²) in [6.45, 7) is -2.30. The van der Waals surface area contributed by atoms with E-state index < -0.39 is 6.83 Å². The van der Waals surface area contributed by atoms with E-state index in [9.17, 15) is 4.79 Å². The third-order valence-electron chi connectivity index (χ3n) is 5.47. The molecular weight excluding hydrogens is 403 g/mol. The van der Waals surface area contributed by atoms with Crippen LogP contribution in [0.3, 0.4) is 0 Å². The first-order valence-electron chi connectivity index (χ1n) is 10.2. The number of carbonyl (C=O) groups is 1. The van der Waals surface area contributed by atoms with Crippen molar-refractivity contribution in [1.82, 2.24) is 0 Å². The van der Waals surface area contributed by atoms with Gasteiger partial charge in [-0.15, -0.1) is 0 Å². The summed E-state index contributed by atoms with van der Waals surface area (Å²) in [5, 5.41) is 2.99. The zero-order valence-electron chi connectivity index (χ0n) is 17.4. The van der Waals surface area contributed by atoms with Crippen molar-refractivity contribution >= 4 is 28.7 Å². The molecule has 0 amide bonds. The maximum atomic E-state index is 12.1. The molecule has 0 aliphatic rings. The van der Waals surface area contributed by atoms with E-state index in [0.717, 1.165) is 21.7 Å². The van der Waals surface area contributed by atoms with Gasteiger partial charge >= 0.3 is 183 Å². The van der Waals surface area contributed by atoms with E-state index >= 15 is 0 Å². The number of hydrogen-bond acceptors (Lipinski definition) is 3. The Hall–Kier alpha value is -3.42. The van der Waals surface area contributed by atoms with Crippen molar-refractivity contribution in [2.75, 3.05) is 6.35 Å². The average Bonchev–Trinajstić information content (AvgIpc) is 2.84. The molecule has 31 heavy (non-hydrogen) atoms. The van der Waals surface area contributed by atoms with E-state index in [4.69, 9.17) is 9.26 Å². The third kappa shape index (κ3) is 3.73. The minimum absolute atomic E-state index is 0.105. The van der Waals surface area contributed by atoms with Gasteiger partial charge in [0.2, 0.25) is 0 Å². The first-order valence-corrected chi connectivity index (χ1v) is 12.6. The number of hydrogen-bond donors (Lipinski definition) is 0. The molecule has 0 atom stereocenters. The summed E-state index contributed by atoms with van der Waals surface area (Å²) in [6.07, 6.45) is 0.105. The Morgan fingerprint density at radius 1 is 0.613 bits per heavy atom. The molecule has 0 unspecified atom stereocenters. The maximum absolute atomic E-state index is 12.1. The third-order valence-corrected chi connectivity index (χ3v) is 10.9. The van der Waals surface area contributed by atoms with Gasteiger partial charge in [-0.25, -0.2) is 0 Å². The van der Waals surface area contributed by atoms with Crippen LogP contribution in [0.1, 0.15) is 6.92 Å². The van der Waals surface area contributed by atoms with Gasteiger partial charge < -0.3 is 0 Å². The molecule has 0 bridgehead atoms. The molecule has 0 aromatic heterocycles. The van der Waals surface area contributed by atoms with Gasteiger partial charge in [0.15, 0.2) is 0 Å². The van der Waals surface area contributed by atoms with E-state index in [1.807, 2.05) is 84.9 Å². The second-order valence-corrected chi connectivity index (χ2v) is 11.8. The molecule has 0 aliphatic heterocycles. The van der Waals surface area contributed by atoms with Gasteiger partial charge in [-0.05, 0) is 0 Å². The number of ether oxygens (including phenoxy) is 1. The molecule has 4 aromatic rings. The van der Waals surface area contributed by atoms with Crippen LogP contribution in [0.15, 0.2) is 121 Å². The normalized spacial score (nSPS) is 12.4. The molecule has 0 spiro atoms. The van der Waals surface area contributed by atoms with Crippen LogP contribution in [0.4, 0.5) is 0 Å². The van der Waals surface area contributed by atoms with Gasteiger partial charge in [0.05, 0.1) is 0 Å². The standard InChI is InChI=1S/C27H25O3P/c1-23(28)29-22-31(25-16-8-3-9-17-25,26-18-10-4-11-19-26,27-20-12-5-13-21-27)30-24-14-6-2-7-15-24/h2-21H,22H2,1H3. The number of para-hydroxylation sites is 1. The van der Waals surface area contributed by atoms with Gasteiger partial charge in [-0.3, -0.25) is 0 Å². The molecule has 0 heterocycles. The SMILES string of the molecule is CC(=O)OCP(Oc1ccccc1)(c1ccccc1)(c1ccccc1)c1ccccc1. The molecule has 4 aromatic carbocycles. The molecule has 0 saturated heterocycles. The molecule has 4 rings (SSSR count). The van der Waals surface area contributed by atoms with Gasteiger partial charge in [-0.1, -0.05) is 0 Å². The van der Waals surface area contributed by atoms with Crippen molar-refractivity contribution in [3.05, 3.63) is 121 Å². The van der Waals surface area contributed by atoms with Crippen LogP contribution in [-0.2, 0) is 9.53 Å². The number of benzene rings is 4. The van der Waals surface area contributed by atoms with Crippen molar-refractivity contribution in [3.8, 4) is 5.75 Å². The van der Waals surface area contributed by atoms with E-state index in [0.29, 0.717) is 0 Å². The van der Waals surface area contributed by atoms with Gasteiger partial charge in [-0.2, -0.15) is 0 Å². The van der Waals surface area contributed by atoms with Crippen molar-refractivity contribution in [2.24, 2.45) is 0 Å². The van der Waals surface area contributed by atoms with E-state index in [1.165, 1.54) is 6.92 Å². The monoisotopic (exact) mass is 428 g/mol. The van der Waals surface area contributed by atoms with E-state index in [1.54, 1.807) is 0 Å². The minimum atomic E-state index is -3.74. The Morgan fingerprint density at radius 2 is 0.968 bits per heavy atom. The topological polar surface area (TPSA) is 35.5 Å². The fourth-order valence-electron chi connectivity index (χ4n) is 4.01. The van der Waals surface area contributed by atoms with Gasteiger partial charge in [0.25, 0.3) is 0 Å². The predicted octanol–water partition coefficient (Wildman–Crippen LogP) is 5.03. The fraction of sp³-hybridized carbons (Fsp3) is 0.0741. The van der Waals surface area contributed by atoms with Gasteiger partial charge in [0.1, 0.15) is 0 Å². The molecule has 0 fully saturated rings. The predicted molar refractivity (Wildman–Crippen MR) is 129 cm³/mol. The van der Waals surface area contributed by atoms with Crippen LogP contribution in [0.5, 0.6) is 5.75 Å². The second kappa shape index (κ2) is 8.75. The summed E-state index contributed by atoms with van der Waals surface area (Å²) in [5.74, 6) is 0.386. The van der Waals surface area contributed by atoms with Crippen LogP contribution in [-0.4, -0.2) is 12.3 Å². The molecule has 156 valence electrons. The zero-order chi connectivity index (χ0) is 21.6.